The SMILES string of the molecule is CC(CCC(C)(C)F)C(C)CN=N. The summed E-state index contributed by atoms with van der Waals surface area (Å²) in [6.45, 7) is 7.95. The quantitative estimate of drug-likeness (QED) is 0.615. The van der Waals surface area contributed by atoms with E-state index in [1.807, 2.05) is 0 Å². The van der Waals surface area contributed by atoms with Crippen molar-refractivity contribution < 1.29 is 4.39 Å². The van der Waals surface area contributed by atoms with Crippen LogP contribution in [0.5, 0.6) is 0 Å². The minimum atomic E-state index is -1.06. The molecule has 2 unspecified atom stereocenters. The van der Waals surface area contributed by atoms with Crippen LogP contribution in [0.3, 0.4) is 0 Å². The maximum absolute atomic E-state index is 13.1. The third-order valence-electron chi connectivity index (χ3n) is 2.54. The lowest BCUT2D eigenvalue weighted by molar-refractivity contribution is 0.178. The van der Waals surface area contributed by atoms with Crippen molar-refractivity contribution in [3.63, 3.8) is 0 Å². The van der Waals surface area contributed by atoms with Crippen LogP contribution in [-0.2, 0) is 0 Å². The lowest BCUT2D eigenvalue weighted by Crippen LogP contribution is -2.17. The van der Waals surface area contributed by atoms with Crippen molar-refractivity contribution in [3.8, 4) is 0 Å². The Bertz CT molecular complexity index is 151. The fourth-order valence-corrected chi connectivity index (χ4v) is 1.18. The molecular formula is C10H21FN2. The van der Waals surface area contributed by atoms with E-state index >= 15 is 0 Å². The summed E-state index contributed by atoms with van der Waals surface area (Å²) in [7, 11) is 0. The molecule has 0 fully saturated rings. The van der Waals surface area contributed by atoms with E-state index in [4.69, 9.17) is 5.53 Å². The van der Waals surface area contributed by atoms with Crippen molar-refractivity contribution in [2.75, 3.05) is 6.54 Å². The molecule has 0 spiro atoms. The molecule has 0 radical (unpaired) electrons. The summed E-state index contributed by atoms with van der Waals surface area (Å²) in [6.07, 6.45) is 1.47. The van der Waals surface area contributed by atoms with E-state index in [9.17, 15) is 4.39 Å². The Morgan fingerprint density at radius 2 is 1.85 bits per heavy atom. The summed E-state index contributed by atoms with van der Waals surface area (Å²) in [4.78, 5) is 0. The molecule has 13 heavy (non-hydrogen) atoms. The van der Waals surface area contributed by atoms with Crippen LogP contribution in [0.1, 0.15) is 40.5 Å². The molecule has 3 heteroatoms. The van der Waals surface area contributed by atoms with Crippen molar-refractivity contribution in [2.24, 2.45) is 17.0 Å². The number of nitrogens with one attached hydrogen (secondary N) is 1. The predicted molar refractivity (Wildman–Crippen MR) is 52.8 cm³/mol. The van der Waals surface area contributed by atoms with E-state index in [1.165, 1.54) is 0 Å². The van der Waals surface area contributed by atoms with Gasteiger partial charge in [-0.05, 0) is 38.5 Å². The molecule has 2 atom stereocenters. The van der Waals surface area contributed by atoms with Gasteiger partial charge < -0.3 is 0 Å². The second kappa shape index (κ2) is 5.30. The van der Waals surface area contributed by atoms with Crippen LogP contribution in [0.2, 0.25) is 0 Å². The van der Waals surface area contributed by atoms with Gasteiger partial charge in [0.2, 0.25) is 0 Å². The molecule has 0 saturated heterocycles. The lowest BCUT2D eigenvalue weighted by Gasteiger charge is -2.21. The van der Waals surface area contributed by atoms with Crippen LogP contribution in [0.4, 0.5) is 4.39 Å². The Hall–Kier alpha value is -0.470. The topological polar surface area (TPSA) is 36.2 Å². The van der Waals surface area contributed by atoms with Gasteiger partial charge in [-0.25, -0.2) is 9.92 Å². The zero-order chi connectivity index (χ0) is 10.5. The maximum Gasteiger partial charge on any atom is 0.105 e. The number of halogens is 1. The second-order valence-electron chi connectivity index (χ2n) is 4.55. The fraction of sp³-hybridized carbons (Fsp3) is 1.00. The highest BCUT2D eigenvalue weighted by Crippen LogP contribution is 2.24. The number of alkyl halides is 1. The average molecular weight is 188 g/mol. The van der Waals surface area contributed by atoms with Gasteiger partial charge in [0.05, 0.1) is 6.54 Å². The van der Waals surface area contributed by atoms with Gasteiger partial charge in [-0.15, -0.1) is 0 Å². The predicted octanol–water partition coefficient (Wildman–Crippen LogP) is 3.82. The molecule has 0 aliphatic heterocycles. The lowest BCUT2D eigenvalue weighted by atomic mass is 9.88. The van der Waals surface area contributed by atoms with E-state index in [1.54, 1.807) is 13.8 Å². The van der Waals surface area contributed by atoms with Crippen molar-refractivity contribution in [2.45, 2.75) is 46.2 Å². The van der Waals surface area contributed by atoms with Crippen LogP contribution >= 0.6 is 0 Å². The Balaban J connectivity index is 3.73. The Morgan fingerprint density at radius 1 is 1.31 bits per heavy atom. The van der Waals surface area contributed by atoms with Crippen molar-refractivity contribution in [1.82, 2.24) is 0 Å². The standard InChI is InChI=1S/C10H21FN2/c1-8(9(2)7-13-12)5-6-10(3,4)11/h8-9,12H,5-7H2,1-4H3. The molecular weight excluding hydrogens is 167 g/mol. The number of hydrogen-bond acceptors (Lipinski definition) is 2. The molecule has 2 nitrogen and oxygen atoms in total. The fourth-order valence-electron chi connectivity index (χ4n) is 1.18. The molecule has 0 aromatic rings. The Kier molecular flexibility index (Phi) is 5.11. The van der Waals surface area contributed by atoms with Crippen molar-refractivity contribution in [3.05, 3.63) is 0 Å². The molecule has 0 heterocycles. The van der Waals surface area contributed by atoms with Gasteiger partial charge >= 0.3 is 0 Å². The molecule has 0 bridgehead atoms. The zero-order valence-electron chi connectivity index (χ0n) is 9.10. The Labute approximate surface area is 80.4 Å². The van der Waals surface area contributed by atoms with Gasteiger partial charge in [-0.2, -0.15) is 5.11 Å². The van der Waals surface area contributed by atoms with Gasteiger partial charge in [0.25, 0.3) is 0 Å². The maximum atomic E-state index is 13.1. The van der Waals surface area contributed by atoms with Crippen molar-refractivity contribution in [1.29, 1.82) is 5.53 Å². The summed E-state index contributed by atoms with van der Waals surface area (Å²) >= 11 is 0. The van der Waals surface area contributed by atoms with Crippen LogP contribution < -0.4 is 0 Å². The number of rotatable bonds is 6. The van der Waals surface area contributed by atoms with Gasteiger partial charge in [0, 0.05) is 0 Å². The third kappa shape index (κ3) is 6.67. The van der Waals surface area contributed by atoms with E-state index in [2.05, 4.69) is 19.0 Å². The molecule has 1 N–H and O–H groups in total. The molecule has 0 aromatic heterocycles. The highest BCUT2D eigenvalue weighted by atomic mass is 19.1. The molecule has 0 saturated carbocycles. The average Bonchev–Trinajstić information content (AvgIpc) is 1.99. The first-order chi connectivity index (χ1) is 5.87. The Morgan fingerprint density at radius 3 is 2.23 bits per heavy atom. The van der Waals surface area contributed by atoms with Crippen molar-refractivity contribution >= 4 is 0 Å². The summed E-state index contributed by atoms with van der Waals surface area (Å²) in [5, 5.41) is 3.36. The monoisotopic (exact) mass is 188 g/mol. The van der Waals surface area contributed by atoms with Crippen LogP contribution in [0.15, 0.2) is 5.11 Å². The van der Waals surface area contributed by atoms with Gasteiger partial charge in [-0.3, -0.25) is 0 Å². The molecule has 0 aliphatic carbocycles. The van der Waals surface area contributed by atoms with E-state index in [-0.39, 0.29) is 0 Å². The molecule has 78 valence electrons. The van der Waals surface area contributed by atoms with Gasteiger partial charge in [0.1, 0.15) is 5.67 Å². The van der Waals surface area contributed by atoms with Gasteiger partial charge in [0.15, 0.2) is 0 Å². The molecule has 0 aromatic carbocycles. The summed E-state index contributed by atoms with van der Waals surface area (Å²) in [6, 6.07) is 0. The van der Waals surface area contributed by atoms with Crippen LogP contribution in [0, 0.1) is 17.4 Å². The highest BCUT2D eigenvalue weighted by Gasteiger charge is 2.19. The first-order valence-electron chi connectivity index (χ1n) is 4.89. The first kappa shape index (κ1) is 12.5. The van der Waals surface area contributed by atoms with E-state index in [0.717, 1.165) is 6.42 Å². The summed E-state index contributed by atoms with van der Waals surface area (Å²) in [5.41, 5.74) is 5.67. The zero-order valence-corrected chi connectivity index (χ0v) is 9.10. The highest BCUT2D eigenvalue weighted by molar-refractivity contribution is 4.70. The minimum absolute atomic E-state index is 0.389. The largest absolute Gasteiger partial charge is 0.245 e. The minimum Gasteiger partial charge on any atom is -0.245 e. The molecule has 0 amide bonds. The van der Waals surface area contributed by atoms with Crippen LogP contribution in [-0.4, -0.2) is 12.2 Å². The van der Waals surface area contributed by atoms with E-state index < -0.39 is 5.67 Å². The van der Waals surface area contributed by atoms with Crippen LogP contribution in [0.25, 0.3) is 0 Å². The number of hydrogen-bond donors (Lipinski definition) is 1. The van der Waals surface area contributed by atoms with Gasteiger partial charge in [-0.1, -0.05) is 13.8 Å². The molecule has 0 aliphatic rings. The molecule has 0 rings (SSSR count). The third-order valence-corrected chi connectivity index (χ3v) is 2.54. The first-order valence-corrected chi connectivity index (χ1v) is 4.89. The smallest absolute Gasteiger partial charge is 0.105 e. The summed E-state index contributed by atoms with van der Waals surface area (Å²) in [5.74, 6) is 0.837. The normalized spacial score (nSPS) is 16.7. The summed E-state index contributed by atoms with van der Waals surface area (Å²) < 4.78 is 13.1. The number of nitrogens with zero attached hydrogens (tertiary/aromatic N) is 1. The second-order valence-corrected chi connectivity index (χ2v) is 4.55. The van der Waals surface area contributed by atoms with E-state index in [0.29, 0.717) is 24.8 Å².